The molecule has 4 unspecified atom stereocenters. The van der Waals surface area contributed by atoms with E-state index in [1.807, 2.05) is 0 Å². The van der Waals surface area contributed by atoms with E-state index >= 15 is 0 Å². The number of allylic oxidation sites excluding steroid dienone is 2. The summed E-state index contributed by atoms with van der Waals surface area (Å²) in [6, 6.07) is 56.0. The Balaban J connectivity index is 0.00000210. The van der Waals surface area contributed by atoms with Gasteiger partial charge >= 0.3 is 344 Å². The molecule has 2 fully saturated rings. The molecule has 0 aromatic heterocycles. The van der Waals surface area contributed by atoms with Gasteiger partial charge in [0, 0.05) is 0 Å². The molecule has 0 amide bonds. The second-order valence-electron chi connectivity index (χ2n) is 17.5. The first-order valence-electron chi connectivity index (χ1n) is 21.7. The van der Waals surface area contributed by atoms with Crippen molar-refractivity contribution in [1.29, 1.82) is 0 Å². The van der Waals surface area contributed by atoms with Crippen molar-refractivity contribution in [3.8, 4) is 22.3 Å². The quantitative estimate of drug-likeness (QED) is 0.115. The Morgan fingerprint density at radius 3 is 1.15 bits per heavy atom. The average molecular weight is 972 g/mol. The van der Waals surface area contributed by atoms with Gasteiger partial charge in [-0.05, 0) is 0 Å². The fourth-order valence-corrected chi connectivity index (χ4v) is 48.9. The van der Waals surface area contributed by atoms with Crippen LogP contribution >= 0.6 is 24.8 Å². The molecular weight excluding hydrogens is 922 g/mol. The molecule has 3 aliphatic carbocycles. The van der Waals surface area contributed by atoms with E-state index in [1.54, 1.807) is 22.3 Å². The fourth-order valence-electron chi connectivity index (χ4n) is 13.0. The summed E-state index contributed by atoms with van der Waals surface area (Å²) in [7, 11) is 0. The fraction of sp³-hybridized carbons (Fsp3) is 0.214. The topological polar surface area (TPSA) is 0 Å². The summed E-state index contributed by atoms with van der Waals surface area (Å²) < 4.78 is 3.21. The molecule has 1 saturated carbocycles. The van der Waals surface area contributed by atoms with Crippen LogP contribution in [-0.2, 0) is 20.0 Å². The van der Waals surface area contributed by atoms with Gasteiger partial charge in [-0.1, -0.05) is 0 Å². The van der Waals surface area contributed by atoms with Crippen molar-refractivity contribution in [1.82, 2.24) is 0 Å². The van der Waals surface area contributed by atoms with Crippen LogP contribution in [0.4, 0.5) is 0 Å². The largest absolute Gasteiger partial charge is 0.147 e. The van der Waals surface area contributed by atoms with Crippen molar-refractivity contribution in [2.24, 2.45) is 0 Å². The molecule has 0 nitrogen and oxygen atoms in total. The molecule has 0 radical (unpaired) electrons. The minimum Gasteiger partial charge on any atom is -0.147 e. The van der Waals surface area contributed by atoms with Crippen LogP contribution in [0.1, 0.15) is 82.0 Å². The van der Waals surface area contributed by atoms with Crippen molar-refractivity contribution >= 4 is 80.1 Å². The molecule has 4 atom stereocenters. The maximum atomic E-state index is 2.72. The zero-order chi connectivity index (χ0) is 37.8. The molecule has 292 valence electrons. The first-order chi connectivity index (χ1) is 28.2. The molecule has 59 heavy (non-hydrogen) atoms. The Morgan fingerprint density at radius 2 is 0.797 bits per heavy atom. The Kier molecular flexibility index (Phi) is 9.90. The minimum absolute atomic E-state index is 0. The molecule has 1 heterocycles. The first-order valence-corrected chi connectivity index (χ1v) is 30.0. The number of halogens is 2. The minimum atomic E-state index is -3.39. The first kappa shape index (κ1) is 38.9. The van der Waals surface area contributed by atoms with Crippen LogP contribution in [0.5, 0.6) is 0 Å². The summed E-state index contributed by atoms with van der Waals surface area (Å²) >= 11 is -3.39. The summed E-state index contributed by atoms with van der Waals surface area (Å²) in [6.07, 6.45) is 13.5. The Bertz CT molecular complexity index is 2730. The van der Waals surface area contributed by atoms with Gasteiger partial charge in [-0.25, -0.2) is 0 Å². The number of fused-ring (bicyclic) bond motifs is 7. The monoisotopic (exact) mass is 972 g/mol. The van der Waals surface area contributed by atoms with E-state index in [4.69, 9.17) is 0 Å². The van der Waals surface area contributed by atoms with Gasteiger partial charge in [0.05, 0.1) is 0 Å². The molecule has 1 saturated heterocycles. The van der Waals surface area contributed by atoms with Crippen LogP contribution in [0.3, 0.4) is 0 Å². The second kappa shape index (κ2) is 15.0. The summed E-state index contributed by atoms with van der Waals surface area (Å²) in [5.74, 6) is 0. The molecular formula is C56H50Cl2Hf. The third kappa shape index (κ3) is 5.57. The summed E-state index contributed by atoms with van der Waals surface area (Å²) in [4.78, 5) is 0. The Hall–Kier alpha value is -4.27. The van der Waals surface area contributed by atoms with E-state index < -0.39 is 20.0 Å². The van der Waals surface area contributed by atoms with Crippen molar-refractivity contribution in [3.63, 3.8) is 0 Å². The second-order valence-corrected chi connectivity index (χ2v) is 34.2. The Morgan fingerprint density at radius 1 is 0.441 bits per heavy atom. The van der Waals surface area contributed by atoms with E-state index in [9.17, 15) is 0 Å². The van der Waals surface area contributed by atoms with Crippen molar-refractivity contribution in [2.45, 2.75) is 67.1 Å². The predicted octanol–water partition coefficient (Wildman–Crippen LogP) is 17.2. The number of benzene rings is 8. The van der Waals surface area contributed by atoms with Crippen molar-refractivity contribution < 1.29 is 20.0 Å². The standard InChI is InChI=1S/2C25H19.C6H10.2ClH.Hf/c2*1-2-17-14-18-10-7-13-23(24(18)15-17)25-21-11-5-3-8-19(21)16-20-9-4-6-12-22(20)25;1-2-4-6-5-3-1;;;/h2*3-16H,2H2,1H3;1-2H,3-6H2;2*1H;. The van der Waals surface area contributed by atoms with Crippen LogP contribution in [-0.4, -0.2) is 0 Å². The van der Waals surface area contributed by atoms with Crippen LogP contribution in [0, 0.1) is 0 Å². The van der Waals surface area contributed by atoms with Gasteiger partial charge < -0.3 is 0 Å². The molecule has 0 bridgehead atoms. The third-order valence-corrected chi connectivity index (χ3v) is 40.0. The van der Waals surface area contributed by atoms with Crippen molar-refractivity contribution in [2.75, 3.05) is 0 Å². The van der Waals surface area contributed by atoms with Gasteiger partial charge in [0.15, 0.2) is 0 Å². The average Bonchev–Trinajstić information content (AvgIpc) is 3.52. The van der Waals surface area contributed by atoms with Gasteiger partial charge in [-0.15, -0.1) is 24.8 Å². The van der Waals surface area contributed by atoms with Crippen molar-refractivity contribution in [3.05, 3.63) is 179 Å². The predicted molar refractivity (Wildman–Crippen MR) is 256 cm³/mol. The molecule has 3 heteroatoms. The normalized spacial score (nSPS) is 22.6. The number of hydrogen-bond donors (Lipinski definition) is 0. The maximum absolute atomic E-state index is 3.39. The van der Waals surface area contributed by atoms with Crippen LogP contribution in [0.25, 0.3) is 77.5 Å². The molecule has 8 aromatic rings. The SMILES string of the molecule is CCC1=Cc2c(-c3c4ccccc4cc4ccccc34)cccc2[CH]1[Hf]1([CH]2C(CC)=Cc3c(-c4c5ccccc5cc5ccccc45)cccc32)[CH]2CCCC[CH]21.Cl.Cl. The van der Waals surface area contributed by atoms with E-state index in [-0.39, 0.29) is 24.8 Å². The van der Waals surface area contributed by atoms with Gasteiger partial charge in [-0.3, -0.25) is 0 Å². The molecule has 0 N–H and O–H groups in total. The summed E-state index contributed by atoms with van der Waals surface area (Å²) in [5, 5.41) is 10.8. The van der Waals surface area contributed by atoms with E-state index in [2.05, 4.69) is 172 Å². The van der Waals surface area contributed by atoms with Gasteiger partial charge in [0.2, 0.25) is 0 Å². The van der Waals surface area contributed by atoms with E-state index in [1.165, 1.54) is 102 Å². The third-order valence-electron chi connectivity index (χ3n) is 15.1. The molecule has 8 aromatic carbocycles. The Labute approximate surface area is 365 Å². The summed E-state index contributed by atoms with van der Waals surface area (Å²) in [5.41, 5.74) is 15.6. The van der Waals surface area contributed by atoms with Gasteiger partial charge in [0.25, 0.3) is 0 Å². The number of hydrogen-bond acceptors (Lipinski definition) is 0. The number of rotatable bonds is 6. The maximum Gasteiger partial charge on any atom is -0.147 e. The molecule has 1 aliphatic heterocycles. The zero-order valence-electron chi connectivity index (χ0n) is 33.9. The van der Waals surface area contributed by atoms with E-state index in [0.29, 0.717) is 7.35 Å². The molecule has 4 aliphatic rings. The van der Waals surface area contributed by atoms with Crippen LogP contribution in [0.2, 0.25) is 7.35 Å². The van der Waals surface area contributed by atoms with Gasteiger partial charge in [0.1, 0.15) is 0 Å². The van der Waals surface area contributed by atoms with Gasteiger partial charge in [-0.2, -0.15) is 0 Å². The van der Waals surface area contributed by atoms with E-state index in [0.717, 1.165) is 20.2 Å². The summed E-state index contributed by atoms with van der Waals surface area (Å²) in [6.45, 7) is 4.93. The van der Waals surface area contributed by atoms with Crippen LogP contribution < -0.4 is 0 Å². The van der Waals surface area contributed by atoms with Crippen LogP contribution in [0.15, 0.2) is 157 Å². The zero-order valence-corrected chi connectivity index (χ0v) is 39.1. The smallest absolute Gasteiger partial charge is 0.147 e. The molecule has 12 rings (SSSR count). The molecule has 0 spiro atoms.